The highest BCUT2D eigenvalue weighted by Crippen LogP contribution is 2.33. The van der Waals surface area contributed by atoms with Gasteiger partial charge in [-0.3, -0.25) is 0 Å². The van der Waals surface area contributed by atoms with E-state index in [9.17, 15) is 13.2 Å². The van der Waals surface area contributed by atoms with Crippen LogP contribution in [0, 0.1) is 5.95 Å². The molecule has 0 atom stereocenters. The molecule has 1 aromatic heterocycles. The number of methoxy groups -OCH3 is 1. The van der Waals surface area contributed by atoms with Crippen molar-refractivity contribution in [3.05, 3.63) is 22.2 Å². The minimum atomic E-state index is -2.83. The summed E-state index contributed by atoms with van der Waals surface area (Å²) in [4.78, 5) is 3.04. The lowest BCUT2D eigenvalue weighted by Gasteiger charge is -2.07. The van der Waals surface area contributed by atoms with Crippen LogP contribution in [0.5, 0.6) is 5.75 Å². The Morgan fingerprint density at radius 2 is 2.15 bits per heavy atom. The highest BCUT2D eigenvalue weighted by Gasteiger charge is 2.18. The number of aromatic nitrogens is 1. The number of ether oxygens (including phenoxy) is 1. The monoisotopic (exact) mass is 255 g/mol. The topological polar surface area (TPSA) is 22.1 Å². The van der Waals surface area contributed by atoms with Crippen molar-refractivity contribution in [2.75, 3.05) is 7.11 Å². The summed E-state index contributed by atoms with van der Waals surface area (Å²) in [7, 11) is 1.26. The number of alkyl halides is 2. The minimum absolute atomic E-state index is 0.00259. The van der Waals surface area contributed by atoms with Gasteiger partial charge in [0.15, 0.2) is 0 Å². The first-order valence-corrected chi connectivity index (χ1v) is 4.03. The fraction of sp³-hybridized carbons (Fsp3) is 0.286. The number of hydrogen-bond donors (Lipinski definition) is 0. The molecular formula is C7H5BrF3NO. The first kappa shape index (κ1) is 10.3. The van der Waals surface area contributed by atoms with Crippen LogP contribution < -0.4 is 4.74 Å². The zero-order chi connectivity index (χ0) is 10.0. The van der Waals surface area contributed by atoms with Crippen LogP contribution >= 0.6 is 15.9 Å². The Hall–Kier alpha value is -0.780. The zero-order valence-electron chi connectivity index (χ0n) is 6.52. The van der Waals surface area contributed by atoms with Gasteiger partial charge in [-0.05, 0) is 15.9 Å². The zero-order valence-corrected chi connectivity index (χ0v) is 8.11. The van der Waals surface area contributed by atoms with Crippen molar-refractivity contribution in [2.45, 2.75) is 6.43 Å². The summed E-state index contributed by atoms with van der Waals surface area (Å²) in [6, 6.07) is 0.927. The maximum Gasteiger partial charge on any atom is 0.281 e. The standard InChI is InChI=1S/C7H5BrF3NO/c1-13-3-2-4(9)12-6(5(3)8)7(10)11/h2,7H,1H3. The van der Waals surface area contributed by atoms with E-state index in [1.54, 1.807) is 0 Å². The third-order valence-electron chi connectivity index (χ3n) is 1.35. The number of halogens is 4. The first-order chi connectivity index (χ1) is 6.06. The molecule has 6 heteroatoms. The molecule has 0 fully saturated rings. The van der Waals surface area contributed by atoms with Crippen LogP contribution in [-0.4, -0.2) is 12.1 Å². The van der Waals surface area contributed by atoms with Crippen molar-refractivity contribution < 1.29 is 17.9 Å². The first-order valence-electron chi connectivity index (χ1n) is 3.24. The maximum absolute atomic E-state index is 12.6. The Bertz CT molecular complexity index is 319. The quantitative estimate of drug-likeness (QED) is 0.759. The number of pyridine rings is 1. The second-order valence-corrected chi connectivity index (χ2v) is 2.94. The fourth-order valence-corrected chi connectivity index (χ4v) is 1.33. The van der Waals surface area contributed by atoms with Crippen LogP contribution in [0.1, 0.15) is 12.1 Å². The summed E-state index contributed by atoms with van der Waals surface area (Å²) in [5.74, 6) is -0.988. The van der Waals surface area contributed by atoms with Crippen molar-refractivity contribution in [3.63, 3.8) is 0 Å². The van der Waals surface area contributed by atoms with Gasteiger partial charge in [0.1, 0.15) is 11.4 Å². The lowest BCUT2D eigenvalue weighted by atomic mass is 10.3. The fourth-order valence-electron chi connectivity index (χ4n) is 0.787. The van der Waals surface area contributed by atoms with Crippen molar-refractivity contribution in [3.8, 4) is 5.75 Å². The summed E-state index contributed by atoms with van der Waals surface area (Å²) in [5.41, 5.74) is -0.656. The van der Waals surface area contributed by atoms with Crippen molar-refractivity contribution in [1.82, 2.24) is 4.98 Å². The molecule has 0 aromatic carbocycles. The van der Waals surface area contributed by atoms with Gasteiger partial charge < -0.3 is 4.74 Å². The second kappa shape index (κ2) is 3.95. The molecule has 0 aliphatic rings. The van der Waals surface area contributed by atoms with Crippen LogP contribution in [0.4, 0.5) is 13.2 Å². The van der Waals surface area contributed by atoms with Crippen LogP contribution in [0.2, 0.25) is 0 Å². The summed E-state index contributed by atoms with van der Waals surface area (Å²) in [5, 5.41) is 0. The highest BCUT2D eigenvalue weighted by atomic mass is 79.9. The van der Waals surface area contributed by atoms with Crippen molar-refractivity contribution >= 4 is 15.9 Å². The summed E-state index contributed by atoms with van der Waals surface area (Å²) < 4.78 is 41.7. The molecule has 0 aliphatic heterocycles. The third-order valence-corrected chi connectivity index (χ3v) is 2.14. The van der Waals surface area contributed by atoms with Crippen LogP contribution in [-0.2, 0) is 0 Å². The van der Waals surface area contributed by atoms with E-state index in [2.05, 4.69) is 25.7 Å². The van der Waals surface area contributed by atoms with Crippen molar-refractivity contribution in [2.24, 2.45) is 0 Å². The lowest BCUT2D eigenvalue weighted by molar-refractivity contribution is 0.143. The van der Waals surface area contributed by atoms with E-state index in [1.165, 1.54) is 7.11 Å². The van der Waals surface area contributed by atoms with Gasteiger partial charge in [-0.15, -0.1) is 0 Å². The van der Waals surface area contributed by atoms with Gasteiger partial charge in [0.2, 0.25) is 5.95 Å². The van der Waals surface area contributed by atoms with Crippen LogP contribution in [0.3, 0.4) is 0 Å². The lowest BCUT2D eigenvalue weighted by Crippen LogP contribution is -1.98. The number of hydrogen-bond acceptors (Lipinski definition) is 2. The van der Waals surface area contributed by atoms with E-state index >= 15 is 0 Å². The van der Waals surface area contributed by atoms with Crippen LogP contribution in [0.25, 0.3) is 0 Å². The normalized spacial score (nSPS) is 10.6. The Kier molecular flexibility index (Phi) is 3.13. The molecule has 1 rings (SSSR count). The molecule has 0 amide bonds. The Labute approximate surface area is 80.9 Å². The van der Waals surface area contributed by atoms with E-state index in [1.807, 2.05) is 0 Å². The van der Waals surface area contributed by atoms with E-state index < -0.39 is 18.1 Å². The largest absolute Gasteiger partial charge is 0.495 e. The molecule has 0 saturated carbocycles. The van der Waals surface area contributed by atoms with Gasteiger partial charge in [0.25, 0.3) is 6.43 Å². The molecule has 0 radical (unpaired) electrons. The van der Waals surface area contributed by atoms with Gasteiger partial charge in [0.05, 0.1) is 11.6 Å². The Morgan fingerprint density at radius 3 is 2.62 bits per heavy atom. The van der Waals surface area contributed by atoms with E-state index in [-0.39, 0.29) is 10.2 Å². The average Bonchev–Trinajstić information content (AvgIpc) is 2.08. The molecule has 0 saturated heterocycles. The Balaban J connectivity index is 3.27. The Morgan fingerprint density at radius 1 is 1.54 bits per heavy atom. The molecule has 72 valence electrons. The maximum atomic E-state index is 12.6. The predicted octanol–water partition coefficient (Wildman–Crippen LogP) is 2.93. The SMILES string of the molecule is COc1cc(F)nc(C(F)F)c1Br. The second-order valence-electron chi connectivity index (χ2n) is 2.15. The molecule has 13 heavy (non-hydrogen) atoms. The molecule has 0 unspecified atom stereocenters. The molecule has 0 N–H and O–H groups in total. The summed E-state index contributed by atoms with van der Waals surface area (Å²) in [6.45, 7) is 0. The van der Waals surface area contributed by atoms with Gasteiger partial charge in [0, 0.05) is 6.07 Å². The number of rotatable bonds is 2. The molecule has 1 aromatic rings. The van der Waals surface area contributed by atoms with E-state index in [0.29, 0.717) is 0 Å². The third kappa shape index (κ3) is 2.12. The predicted molar refractivity (Wildman–Crippen MR) is 43.4 cm³/mol. The molecule has 1 heterocycles. The smallest absolute Gasteiger partial charge is 0.281 e. The van der Waals surface area contributed by atoms with E-state index in [0.717, 1.165) is 6.07 Å². The molecular weight excluding hydrogens is 251 g/mol. The van der Waals surface area contributed by atoms with Gasteiger partial charge in [-0.1, -0.05) is 0 Å². The van der Waals surface area contributed by atoms with Crippen LogP contribution in [0.15, 0.2) is 10.5 Å². The molecule has 0 bridgehead atoms. The van der Waals surface area contributed by atoms with Gasteiger partial charge >= 0.3 is 0 Å². The van der Waals surface area contributed by atoms with Gasteiger partial charge in [-0.2, -0.15) is 4.39 Å². The van der Waals surface area contributed by atoms with Gasteiger partial charge in [-0.25, -0.2) is 13.8 Å². The average molecular weight is 256 g/mol. The minimum Gasteiger partial charge on any atom is -0.495 e. The molecule has 2 nitrogen and oxygen atoms in total. The molecule has 0 spiro atoms. The van der Waals surface area contributed by atoms with Crippen molar-refractivity contribution in [1.29, 1.82) is 0 Å². The van der Waals surface area contributed by atoms with E-state index in [4.69, 9.17) is 0 Å². The highest BCUT2D eigenvalue weighted by molar-refractivity contribution is 9.10. The number of nitrogens with zero attached hydrogens (tertiary/aromatic N) is 1. The summed E-state index contributed by atoms with van der Waals surface area (Å²) in [6.07, 6.45) is -2.83. The molecule has 0 aliphatic carbocycles. The summed E-state index contributed by atoms with van der Waals surface area (Å²) >= 11 is 2.84.